The molecule has 1 aromatic rings. The van der Waals surface area contributed by atoms with Crippen LogP contribution < -0.4 is 10.5 Å². The van der Waals surface area contributed by atoms with E-state index in [-0.39, 0.29) is 0 Å². The minimum Gasteiger partial charge on any atom is -0.453 e. The summed E-state index contributed by atoms with van der Waals surface area (Å²) < 4.78 is 77.5. The van der Waals surface area contributed by atoms with Gasteiger partial charge in [0.15, 0.2) is 5.69 Å². The van der Waals surface area contributed by atoms with Gasteiger partial charge in [0.1, 0.15) is 4.99 Å². The van der Waals surface area contributed by atoms with Gasteiger partial charge in [-0.3, -0.25) is 0 Å². The fourth-order valence-electron chi connectivity index (χ4n) is 1.01. The van der Waals surface area contributed by atoms with Crippen molar-refractivity contribution in [1.82, 2.24) is 9.97 Å². The average Bonchev–Trinajstić information content (AvgIpc) is 2.23. The molecule has 1 aromatic heterocycles. The van der Waals surface area contributed by atoms with Crippen LogP contribution >= 0.6 is 12.2 Å². The van der Waals surface area contributed by atoms with Gasteiger partial charge in [0.05, 0.1) is 0 Å². The maximum atomic E-state index is 12.3. The fourth-order valence-corrected chi connectivity index (χ4v) is 1.15. The minimum absolute atomic E-state index is 0.536. The van der Waals surface area contributed by atoms with Crippen molar-refractivity contribution >= 4 is 17.2 Å². The van der Waals surface area contributed by atoms with Crippen molar-refractivity contribution in [2.24, 2.45) is 5.73 Å². The molecule has 0 aliphatic heterocycles. The van der Waals surface area contributed by atoms with E-state index in [1.165, 1.54) is 0 Å². The standard InChI is InChI=1S/C8H5F6N3OS/c9-7(10,11)6(8(12,13)14)18-5-3(4(15)19)16-1-2-17-5/h1-2,6H,(H2,15,19). The van der Waals surface area contributed by atoms with Gasteiger partial charge >= 0.3 is 12.4 Å². The van der Waals surface area contributed by atoms with Gasteiger partial charge < -0.3 is 10.5 Å². The number of halogens is 6. The Labute approximate surface area is 107 Å². The molecule has 2 N–H and O–H groups in total. The first-order valence-electron chi connectivity index (χ1n) is 4.44. The zero-order valence-corrected chi connectivity index (χ0v) is 9.60. The van der Waals surface area contributed by atoms with Crippen molar-refractivity contribution in [3.8, 4) is 5.88 Å². The lowest BCUT2D eigenvalue weighted by atomic mass is 10.3. The Morgan fingerprint density at radius 1 is 1.11 bits per heavy atom. The number of alkyl halides is 6. The van der Waals surface area contributed by atoms with Crippen LogP contribution in [0.25, 0.3) is 0 Å². The van der Waals surface area contributed by atoms with Gasteiger partial charge in [-0.05, 0) is 0 Å². The minimum atomic E-state index is -5.66. The Bertz CT molecular complexity index is 460. The van der Waals surface area contributed by atoms with Gasteiger partial charge in [-0.25, -0.2) is 9.97 Å². The summed E-state index contributed by atoms with van der Waals surface area (Å²) in [7, 11) is 0. The van der Waals surface area contributed by atoms with Crippen LogP contribution in [0.1, 0.15) is 5.69 Å². The molecule has 106 valence electrons. The highest BCUT2D eigenvalue weighted by Gasteiger charge is 2.59. The van der Waals surface area contributed by atoms with Crippen molar-refractivity contribution in [2.75, 3.05) is 0 Å². The molecule has 11 heteroatoms. The van der Waals surface area contributed by atoms with E-state index in [0.717, 1.165) is 12.4 Å². The Balaban J connectivity index is 3.15. The van der Waals surface area contributed by atoms with Crippen LogP contribution in [0, 0.1) is 0 Å². The monoisotopic (exact) mass is 305 g/mol. The number of ether oxygens (including phenoxy) is 1. The van der Waals surface area contributed by atoms with Crippen LogP contribution in [0.4, 0.5) is 26.3 Å². The quantitative estimate of drug-likeness (QED) is 0.683. The molecule has 1 rings (SSSR count). The van der Waals surface area contributed by atoms with Gasteiger partial charge in [-0.2, -0.15) is 26.3 Å². The summed E-state index contributed by atoms with van der Waals surface area (Å²) >= 11 is 4.42. The highest BCUT2D eigenvalue weighted by molar-refractivity contribution is 7.80. The summed E-state index contributed by atoms with van der Waals surface area (Å²) in [5.74, 6) is -1.03. The second kappa shape index (κ2) is 5.15. The van der Waals surface area contributed by atoms with E-state index in [2.05, 4.69) is 26.9 Å². The summed E-state index contributed by atoms with van der Waals surface area (Å²) in [6.07, 6.45) is -13.5. The van der Waals surface area contributed by atoms with Crippen LogP contribution in [0.3, 0.4) is 0 Å². The van der Waals surface area contributed by atoms with E-state index >= 15 is 0 Å². The maximum absolute atomic E-state index is 12.3. The van der Waals surface area contributed by atoms with Gasteiger partial charge in [0, 0.05) is 12.4 Å². The zero-order valence-electron chi connectivity index (χ0n) is 8.79. The first-order valence-corrected chi connectivity index (χ1v) is 4.85. The maximum Gasteiger partial charge on any atom is 0.434 e. The lowest BCUT2D eigenvalue weighted by Crippen LogP contribution is -2.47. The molecule has 0 saturated carbocycles. The highest BCUT2D eigenvalue weighted by Crippen LogP contribution is 2.36. The lowest BCUT2D eigenvalue weighted by Gasteiger charge is -2.23. The molecule has 0 radical (unpaired) electrons. The van der Waals surface area contributed by atoms with E-state index in [4.69, 9.17) is 5.73 Å². The second-order valence-electron chi connectivity index (χ2n) is 3.16. The molecule has 19 heavy (non-hydrogen) atoms. The van der Waals surface area contributed by atoms with Crippen LogP contribution in [-0.4, -0.2) is 33.4 Å². The predicted octanol–water partition coefficient (Wildman–Crippen LogP) is 1.98. The molecule has 0 aromatic carbocycles. The Hall–Kier alpha value is -1.65. The van der Waals surface area contributed by atoms with Gasteiger partial charge in [-0.15, -0.1) is 0 Å². The molecule has 0 amide bonds. The topological polar surface area (TPSA) is 61.0 Å². The number of aromatic nitrogens is 2. The summed E-state index contributed by atoms with van der Waals surface area (Å²) in [4.78, 5) is 6.09. The summed E-state index contributed by atoms with van der Waals surface area (Å²) in [5, 5.41) is 0. The SMILES string of the molecule is NC(=S)c1nccnc1OC(C(F)(F)F)C(F)(F)F. The lowest BCUT2D eigenvalue weighted by molar-refractivity contribution is -0.300. The second-order valence-corrected chi connectivity index (χ2v) is 3.60. The molecule has 0 unspecified atom stereocenters. The molecule has 0 aliphatic carbocycles. The molecule has 4 nitrogen and oxygen atoms in total. The van der Waals surface area contributed by atoms with Gasteiger partial charge in [0.2, 0.25) is 5.88 Å². The van der Waals surface area contributed by atoms with Crippen molar-refractivity contribution in [3.63, 3.8) is 0 Å². The molecular weight excluding hydrogens is 300 g/mol. The Kier molecular flexibility index (Phi) is 4.18. The number of nitrogens with zero attached hydrogens (tertiary/aromatic N) is 2. The number of nitrogens with two attached hydrogens (primary N) is 1. The van der Waals surface area contributed by atoms with Crippen molar-refractivity contribution < 1.29 is 31.1 Å². The van der Waals surface area contributed by atoms with E-state index < -0.39 is 35.0 Å². The van der Waals surface area contributed by atoms with Crippen LogP contribution in [0.15, 0.2) is 12.4 Å². The molecule has 0 atom stereocenters. The normalized spacial score (nSPS) is 12.6. The van der Waals surface area contributed by atoms with Crippen LogP contribution in [-0.2, 0) is 0 Å². The van der Waals surface area contributed by atoms with Crippen molar-refractivity contribution in [3.05, 3.63) is 18.1 Å². The molecule has 1 heterocycles. The number of hydrogen-bond donors (Lipinski definition) is 1. The zero-order chi connectivity index (χ0) is 14.8. The van der Waals surface area contributed by atoms with E-state index in [0.29, 0.717) is 0 Å². The summed E-state index contributed by atoms with van der Waals surface area (Å²) in [6.45, 7) is 0. The molecule has 0 saturated heterocycles. The third-order valence-corrected chi connectivity index (χ3v) is 1.92. The smallest absolute Gasteiger partial charge is 0.434 e. The molecular formula is C8H5F6N3OS. The largest absolute Gasteiger partial charge is 0.453 e. The van der Waals surface area contributed by atoms with E-state index in [1.54, 1.807) is 0 Å². The first-order chi connectivity index (χ1) is 8.53. The Morgan fingerprint density at radius 3 is 2.00 bits per heavy atom. The van der Waals surface area contributed by atoms with E-state index in [9.17, 15) is 26.3 Å². The molecule has 0 aliphatic rings. The summed E-state index contributed by atoms with van der Waals surface area (Å²) in [6, 6.07) is 0. The first kappa shape index (κ1) is 15.4. The Morgan fingerprint density at radius 2 is 1.58 bits per heavy atom. The van der Waals surface area contributed by atoms with E-state index in [1.807, 2.05) is 0 Å². The number of hydrogen-bond acceptors (Lipinski definition) is 4. The van der Waals surface area contributed by atoms with Crippen LogP contribution in [0.5, 0.6) is 5.88 Å². The average molecular weight is 305 g/mol. The summed E-state index contributed by atoms with van der Waals surface area (Å²) in [5.41, 5.74) is 4.54. The number of thiocarbonyl (C=S) groups is 1. The molecule has 0 fully saturated rings. The van der Waals surface area contributed by atoms with Crippen molar-refractivity contribution in [1.29, 1.82) is 0 Å². The molecule has 0 bridgehead atoms. The third-order valence-electron chi connectivity index (χ3n) is 1.72. The van der Waals surface area contributed by atoms with Crippen molar-refractivity contribution in [2.45, 2.75) is 18.5 Å². The number of rotatable bonds is 3. The van der Waals surface area contributed by atoms with Gasteiger partial charge in [-0.1, -0.05) is 12.2 Å². The third kappa shape index (κ3) is 3.91. The predicted molar refractivity (Wildman–Crippen MR) is 54.4 cm³/mol. The molecule has 0 spiro atoms. The highest BCUT2D eigenvalue weighted by atomic mass is 32.1. The van der Waals surface area contributed by atoms with Crippen LogP contribution in [0.2, 0.25) is 0 Å². The van der Waals surface area contributed by atoms with Gasteiger partial charge in [0.25, 0.3) is 6.10 Å². The fraction of sp³-hybridized carbons (Fsp3) is 0.375.